The maximum atomic E-state index is 10.8. The summed E-state index contributed by atoms with van der Waals surface area (Å²) in [6.07, 6.45) is 0. The normalized spacial score (nSPS) is 10.9. The van der Waals surface area contributed by atoms with Gasteiger partial charge >= 0.3 is 5.97 Å². The van der Waals surface area contributed by atoms with Gasteiger partial charge in [-0.05, 0) is 24.1 Å². The van der Waals surface area contributed by atoms with E-state index in [2.05, 4.69) is 18.9 Å². The summed E-state index contributed by atoms with van der Waals surface area (Å²) >= 11 is 1.26. The molecule has 0 aliphatic heterocycles. The number of carbonyl (C=O) groups is 1. The van der Waals surface area contributed by atoms with Gasteiger partial charge in [0.15, 0.2) is 0 Å². The van der Waals surface area contributed by atoms with Crippen LogP contribution in [-0.2, 0) is 4.79 Å². The summed E-state index contributed by atoms with van der Waals surface area (Å²) in [5.41, 5.74) is 1.79. The summed E-state index contributed by atoms with van der Waals surface area (Å²) in [6.45, 7) is 4.12. The van der Waals surface area contributed by atoms with E-state index < -0.39 is 5.97 Å². The van der Waals surface area contributed by atoms with Crippen molar-refractivity contribution in [3.05, 3.63) is 36.0 Å². The smallest absolute Gasteiger partial charge is 0.313 e. The highest BCUT2D eigenvalue weighted by Gasteiger charge is 2.14. The van der Waals surface area contributed by atoms with E-state index in [-0.39, 0.29) is 11.7 Å². The first-order valence-corrected chi connectivity index (χ1v) is 7.58. The fourth-order valence-electron chi connectivity index (χ4n) is 1.83. The van der Waals surface area contributed by atoms with Gasteiger partial charge in [0.25, 0.3) is 0 Å². The van der Waals surface area contributed by atoms with Crippen molar-refractivity contribution < 1.29 is 14.6 Å². The molecule has 0 bridgehead atoms. The molecule has 6 heteroatoms. The molecule has 0 aliphatic rings. The number of methoxy groups -OCH3 is 1. The molecule has 0 saturated carbocycles. The Morgan fingerprint density at radius 2 is 2.19 bits per heavy atom. The maximum Gasteiger partial charge on any atom is 0.313 e. The number of benzene rings is 1. The number of ether oxygens (including phenoxy) is 1. The first-order valence-electron chi connectivity index (χ1n) is 6.60. The summed E-state index contributed by atoms with van der Waals surface area (Å²) in [6, 6.07) is 9.49. The van der Waals surface area contributed by atoms with Crippen LogP contribution in [0.15, 0.2) is 35.4 Å². The van der Waals surface area contributed by atoms with E-state index in [1.54, 1.807) is 11.8 Å². The molecule has 1 aromatic heterocycles. The Labute approximate surface area is 127 Å². The van der Waals surface area contributed by atoms with E-state index in [1.807, 2.05) is 30.3 Å². The Morgan fingerprint density at radius 1 is 1.43 bits per heavy atom. The molecule has 0 unspecified atom stereocenters. The standard InChI is InChI=1S/C15H18N2O3S/c1-10(2)13-8-14(21-9-15(18)19)17(16-13)11-5-4-6-12(7-11)20-3/h4-8,10H,9H2,1-3H3,(H,18,19). The van der Waals surface area contributed by atoms with Crippen LogP contribution in [0.2, 0.25) is 0 Å². The van der Waals surface area contributed by atoms with Crippen molar-refractivity contribution in [2.24, 2.45) is 0 Å². The lowest BCUT2D eigenvalue weighted by atomic mass is 10.1. The maximum absolute atomic E-state index is 10.8. The average Bonchev–Trinajstić information content (AvgIpc) is 2.89. The molecule has 2 aromatic rings. The van der Waals surface area contributed by atoms with Gasteiger partial charge in [-0.2, -0.15) is 5.10 Å². The third-order valence-electron chi connectivity index (χ3n) is 2.93. The lowest BCUT2D eigenvalue weighted by molar-refractivity contribution is -0.133. The second-order valence-corrected chi connectivity index (χ2v) is 5.85. The summed E-state index contributed by atoms with van der Waals surface area (Å²) in [5.74, 6) is 0.182. The van der Waals surface area contributed by atoms with Gasteiger partial charge in [0, 0.05) is 6.07 Å². The van der Waals surface area contributed by atoms with Crippen molar-refractivity contribution in [1.82, 2.24) is 9.78 Å². The number of rotatable bonds is 6. The minimum absolute atomic E-state index is 0.00714. The highest BCUT2D eigenvalue weighted by atomic mass is 32.2. The minimum atomic E-state index is -0.843. The van der Waals surface area contributed by atoms with E-state index in [0.717, 1.165) is 22.2 Å². The van der Waals surface area contributed by atoms with E-state index in [1.165, 1.54) is 11.8 Å². The molecule has 2 rings (SSSR count). The van der Waals surface area contributed by atoms with Crippen LogP contribution in [-0.4, -0.2) is 33.7 Å². The van der Waals surface area contributed by atoms with Crippen molar-refractivity contribution >= 4 is 17.7 Å². The van der Waals surface area contributed by atoms with Gasteiger partial charge < -0.3 is 9.84 Å². The quantitative estimate of drug-likeness (QED) is 0.830. The molecule has 0 aliphatic carbocycles. The molecule has 112 valence electrons. The summed E-state index contributed by atoms with van der Waals surface area (Å²) in [4.78, 5) is 10.8. The fraction of sp³-hybridized carbons (Fsp3) is 0.333. The molecule has 1 aromatic carbocycles. The van der Waals surface area contributed by atoms with Gasteiger partial charge in [-0.25, -0.2) is 4.68 Å². The van der Waals surface area contributed by atoms with E-state index in [9.17, 15) is 4.79 Å². The Morgan fingerprint density at radius 3 is 2.81 bits per heavy atom. The Hall–Kier alpha value is -1.95. The Kier molecular flexibility index (Phi) is 4.90. The average molecular weight is 306 g/mol. The van der Waals surface area contributed by atoms with Gasteiger partial charge in [0.05, 0.1) is 24.2 Å². The van der Waals surface area contributed by atoms with Crippen molar-refractivity contribution in [2.45, 2.75) is 24.8 Å². The minimum Gasteiger partial charge on any atom is -0.497 e. The summed E-state index contributed by atoms with van der Waals surface area (Å²) in [7, 11) is 1.61. The van der Waals surface area contributed by atoms with Gasteiger partial charge in [-0.15, -0.1) is 0 Å². The molecular weight excluding hydrogens is 288 g/mol. The van der Waals surface area contributed by atoms with Crippen LogP contribution in [0.3, 0.4) is 0 Å². The van der Waals surface area contributed by atoms with Gasteiger partial charge in [0.2, 0.25) is 0 Å². The third-order valence-corrected chi connectivity index (χ3v) is 3.91. The van der Waals surface area contributed by atoms with Gasteiger partial charge in [0.1, 0.15) is 10.8 Å². The first-order chi connectivity index (χ1) is 10.0. The van der Waals surface area contributed by atoms with Crippen LogP contribution in [0.25, 0.3) is 5.69 Å². The number of carboxylic acid groups (broad SMARTS) is 1. The zero-order valence-corrected chi connectivity index (χ0v) is 13.1. The fourth-order valence-corrected chi connectivity index (χ4v) is 2.57. The Bertz CT molecular complexity index is 638. The predicted octanol–water partition coefficient (Wildman–Crippen LogP) is 3.18. The van der Waals surface area contributed by atoms with Crippen LogP contribution < -0.4 is 4.74 Å². The number of thioether (sulfide) groups is 1. The topological polar surface area (TPSA) is 64.4 Å². The summed E-state index contributed by atoms with van der Waals surface area (Å²) < 4.78 is 7.00. The highest BCUT2D eigenvalue weighted by Crippen LogP contribution is 2.27. The zero-order valence-electron chi connectivity index (χ0n) is 12.2. The molecule has 0 atom stereocenters. The van der Waals surface area contributed by atoms with Crippen molar-refractivity contribution in [1.29, 1.82) is 0 Å². The van der Waals surface area contributed by atoms with Crippen LogP contribution >= 0.6 is 11.8 Å². The largest absolute Gasteiger partial charge is 0.497 e. The molecule has 1 N–H and O–H groups in total. The molecule has 1 heterocycles. The molecule has 0 saturated heterocycles. The Balaban J connectivity index is 2.41. The highest BCUT2D eigenvalue weighted by molar-refractivity contribution is 7.99. The van der Waals surface area contributed by atoms with Gasteiger partial charge in [-0.1, -0.05) is 31.7 Å². The number of hydrogen-bond acceptors (Lipinski definition) is 4. The van der Waals surface area contributed by atoms with Gasteiger partial charge in [-0.3, -0.25) is 4.79 Å². The van der Waals surface area contributed by atoms with Crippen LogP contribution in [0.1, 0.15) is 25.5 Å². The summed E-state index contributed by atoms with van der Waals surface area (Å²) in [5, 5.41) is 14.3. The van der Waals surface area contributed by atoms with Crippen LogP contribution in [0.5, 0.6) is 5.75 Å². The van der Waals surface area contributed by atoms with E-state index in [4.69, 9.17) is 9.84 Å². The number of hydrogen-bond donors (Lipinski definition) is 1. The monoisotopic (exact) mass is 306 g/mol. The molecule has 0 fully saturated rings. The predicted molar refractivity (Wildman–Crippen MR) is 82.6 cm³/mol. The number of carboxylic acids is 1. The molecule has 21 heavy (non-hydrogen) atoms. The second kappa shape index (κ2) is 6.67. The van der Waals surface area contributed by atoms with Crippen molar-refractivity contribution in [2.75, 3.05) is 12.9 Å². The molecular formula is C15H18N2O3S. The lowest BCUT2D eigenvalue weighted by Crippen LogP contribution is -2.03. The third kappa shape index (κ3) is 3.78. The number of aromatic nitrogens is 2. The molecule has 0 amide bonds. The zero-order chi connectivity index (χ0) is 15.4. The van der Waals surface area contributed by atoms with Crippen LogP contribution in [0, 0.1) is 0 Å². The number of nitrogens with zero attached hydrogens (tertiary/aromatic N) is 2. The molecule has 0 radical (unpaired) electrons. The number of aliphatic carboxylic acids is 1. The SMILES string of the molecule is COc1cccc(-n2nc(C(C)C)cc2SCC(=O)O)c1. The lowest BCUT2D eigenvalue weighted by Gasteiger charge is -2.08. The molecule has 5 nitrogen and oxygen atoms in total. The van der Waals surface area contributed by atoms with Crippen molar-refractivity contribution in [3.63, 3.8) is 0 Å². The van der Waals surface area contributed by atoms with E-state index >= 15 is 0 Å². The second-order valence-electron chi connectivity index (χ2n) is 4.86. The van der Waals surface area contributed by atoms with Crippen molar-refractivity contribution in [3.8, 4) is 11.4 Å². The molecule has 0 spiro atoms. The first kappa shape index (κ1) is 15.4. The van der Waals surface area contributed by atoms with Crippen LogP contribution in [0.4, 0.5) is 0 Å². The van der Waals surface area contributed by atoms with E-state index in [0.29, 0.717) is 0 Å².